The Hall–Kier alpha value is -0.900. The molecule has 1 heterocycles. The highest BCUT2D eigenvalue weighted by molar-refractivity contribution is 5.81. The maximum Gasteiger partial charge on any atom is 0.234 e. The van der Waals surface area contributed by atoms with Crippen LogP contribution in [0.5, 0.6) is 0 Å². The lowest BCUT2D eigenvalue weighted by Gasteiger charge is -2.35. The number of hydrogen-bond acceptors (Lipinski definition) is 3. The van der Waals surface area contributed by atoms with Crippen molar-refractivity contribution in [3.05, 3.63) is 0 Å². The minimum Gasteiger partial charge on any atom is -0.353 e. The molecule has 1 fully saturated rings. The fourth-order valence-corrected chi connectivity index (χ4v) is 1.98. The molecule has 15 heavy (non-hydrogen) atoms. The van der Waals surface area contributed by atoms with Gasteiger partial charge in [0.05, 0.1) is 13.1 Å². The Morgan fingerprint density at radius 1 is 1.60 bits per heavy atom. The zero-order valence-electron chi connectivity index (χ0n) is 9.75. The van der Waals surface area contributed by atoms with Gasteiger partial charge in [0.15, 0.2) is 0 Å². The Labute approximate surface area is 91.0 Å². The van der Waals surface area contributed by atoms with Crippen molar-refractivity contribution in [3.8, 4) is 0 Å². The number of hydrogen-bond donors (Lipinski definition) is 1. The molecule has 1 aliphatic rings. The summed E-state index contributed by atoms with van der Waals surface area (Å²) in [5.74, 6) is 0.731. The molecule has 1 unspecified atom stereocenters. The lowest BCUT2D eigenvalue weighted by Crippen LogP contribution is -2.55. The first-order chi connectivity index (χ1) is 6.99. The van der Waals surface area contributed by atoms with Crippen LogP contribution in [0.2, 0.25) is 0 Å². The van der Waals surface area contributed by atoms with E-state index in [2.05, 4.69) is 19.2 Å². The molecule has 1 amide bonds. The van der Waals surface area contributed by atoms with E-state index in [0.717, 1.165) is 6.42 Å². The Kier molecular flexibility index (Phi) is 4.27. The third-order valence-corrected chi connectivity index (χ3v) is 2.57. The van der Waals surface area contributed by atoms with Gasteiger partial charge in [-0.3, -0.25) is 14.5 Å². The van der Waals surface area contributed by atoms with Gasteiger partial charge >= 0.3 is 0 Å². The fourth-order valence-electron chi connectivity index (χ4n) is 1.98. The molecule has 1 aliphatic heterocycles. The molecule has 0 aromatic rings. The van der Waals surface area contributed by atoms with Gasteiger partial charge in [-0.25, -0.2) is 0 Å². The number of carbonyl (C=O) groups is 2. The van der Waals surface area contributed by atoms with Gasteiger partial charge in [-0.05, 0) is 19.3 Å². The van der Waals surface area contributed by atoms with Gasteiger partial charge < -0.3 is 5.32 Å². The quantitative estimate of drug-likeness (QED) is 0.735. The normalized spacial score (nSPS) is 22.9. The van der Waals surface area contributed by atoms with E-state index >= 15 is 0 Å². The molecule has 86 valence electrons. The van der Waals surface area contributed by atoms with Gasteiger partial charge in [0.1, 0.15) is 5.78 Å². The minimum atomic E-state index is 0.0243. The molecule has 1 saturated heterocycles. The van der Waals surface area contributed by atoms with Crippen molar-refractivity contribution < 1.29 is 9.59 Å². The van der Waals surface area contributed by atoms with E-state index in [1.165, 1.54) is 0 Å². The summed E-state index contributed by atoms with van der Waals surface area (Å²) in [6, 6.07) is 0.312. The molecule has 1 N–H and O–H groups in total. The van der Waals surface area contributed by atoms with E-state index in [4.69, 9.17) is 0 Å². The van der Waals surface area contributed by atoms with Crippen LogP contribution in [0.15, 0.2) is 0 Å². The maximum atomic E-state index is 11.2. The van der Waals surface area contributed by atoms with Gasteiger partial charge in [0, 0.05) is 12.6 Å². The summed E-state index contributed by atoms with van der Waals surface area (Å²) < 4.78 is 0. The van der Waals surface area contributed by atoms with E-state index in [-0.39, 0.29) is 11.7 Å². The van der Waals surface area contributed by atoms with Gasteiger partial charge in [0.25, 0.3) is 0 Å². The number of ketones is 1. The second-order valence-electron chi connectivity index (χ2n) is 4.69. The smallest absolute Gasteiger partial charge is 0.234 e. The predicted molar refractivity (Wildman–Crippen MR) is 58.5 cm³/mol. The third kappa shape index (κ3) is 4.00. The molecule has 0 radical (unpaired) electrons. The molecule has 0 bridgehead atoms. The van der Waals surface area contributed by atoms with Crippen molar-refractivity contribution in [2.75, 3.05) is 19.6 Å². The van der Waals surface area contributed by atoms with Crippen LogP contribution in [0.1, 0.15) is 27.2 Å². The number of piperazine rings is 1. The molecule has 0 aromatic carbocycles. The average Bonchev–Trinajstić information content (AvgIpc) is 2.08. The Balaban J connectivity index is 2.57. The molecule has 4 heteroatoms. The molecule has 1 atom stereocenters. The van der Waals surface area contributed by atoms with Crippen molar-refractivity contribution in [2.24, 2.45) is 5.92 Å². The highest BCUT2D eigenvalue weighted by Crippen LogP contribution is 2.13. The zero-order valence-corrected chi connectivity index (χ0v) is 9.75. The minimum absolute atomic E-state index is 0.0243. The van der Waals surface area contributed by atoms with Crippen LogP contribution in [-0.4, -0.2) is 42.3 Å². The van der Waals surface area contributed by atoms with Crippen LogP contribution < -0.4 is 5.32 Å². The van der Waals surface area contributed by atoms with Crippen LogP contribution in [0.4, 0.5) is 0 Å². The van der Waals surface area contributed by atoms with Crippen molar-refractivity contribution in [2.45, 2.75) is 33.2 Å². The second-order valence-corrected chi connectivity index (χ2v) is 4.69. The number of nitrogens with one attached hydrogen (secondary N) is 1. The lowest BCUT2D eigenvalue weighted by atomic mass is 10.0. The van der Waals surface area contributed by atoms with Gasteiger partial charge in [0.2, 0.25) is 5.91 Å². The molecule has 0 spiro atoms. The number of carbonyl (C=O) groups excluding carboxylic acids is 2. The van der Waals surface area contributed by atoms with E-state index in [9.17, 15) is 9.59 Å². The molecule has 1 rings (SSSR count). The second kappa shape index (κ2) is 5.26. The van der Waals surface area contributed by atoms with E-state index in [0.29, 0.717) is 31.6 Å². The van der Waals surface area contributed by atoms with E-state index < -0.39 is 0 Å². The molecule has 0 aromatic heterocycles. The highest BCUT2D eigenvalue weighted by atomic mass is 16.2. The van der Waals surface area contributed by atoms with Crippen molar-refractivity contribution in [3.63, 3.8) is 0 Å². The predicted octanol–water partition coefficient (Wildman–Crippen LogP) is 0.422. The van der Waals surface area contributed by atoms with Gasteiger partial charge in [-0.1, -0.05) is 13.8 Å². The van der Waals surface area contributed by atoms with Crippen LogP contribution >= 0.6 is 0 Å². The fraction of sp³-hybridized carbons (Fsp3) is 0.818. The number of Topliss-reactive ketones (excluding diaryl/α,β-unsaturated/α-hetero) is 1. The lowest BCUT2D eigenvalue weighted by molar-refractivity contribution is -0.127. The maximum absolute atomic E-state index is 11.2. The standard InChI is InChI=1S/C11H20N2O2/c1-8(2)4-10-5-12-11(15)7-13(10)6-9(3)14/h8,10H,4-7H2,1-3H3,(H,12,15). The molecule has 0 aliphatic carbocycles. The monoisotopic (exact) mass is 212 g/mol. The van der Waals surface area contributed by atoms with Gasteiger partial charge in [-0.2, -0.15) is 0 Å². The Bertz CT molecular complexity index is 249. The summed E-state index contributed by atoms with van der Waals surface area (Å²) in [5.41, 5.74) is 0. The summed E-state index contributed by atoms with van der Waals surface area (Å²) in [6.07, 6.45) is 1.02. The van der Waals surface area contributed by atoms with Crippen molar-refractivity contribution in [1.29, 1.82) is 0 Å². The summed E-state index contributed by atoms with van der Waals surface area (Å²) in [7, 11) is 0. The Morgan fingerprint density at radius 2 is 2.27 bits per heavy atom. The SMILES string of the molecule is CC(=O)CN1CC(=O)NCC1CC(C)C. The van der Waals surface area contributed by atoms with E-state index in [1.54, 1.807) is 6.92 Å². The van der Waals surface area contributed by atoms with Crippen LogP contribution in [0.25, 0.3) is 0 Å². The van der Waals surface area contributed by atoms with Crippen LogP contribution in [-0.2, 0) is 9.59 Å². The summed E-state index contributed by atoms with van der Waals surface area (Å²) in [5, 5.41) is 2.85. The first-order valence-corrected chi connectivity index (χ1v) is 5.49. The average molecular weight is 212 g/mol. The molecular formula is C11H20N2O2. The number of nitrogens with zero attached hydrogens (tertiary/aromatic N) is 1. The summed E-state index contributed by atoms with van der Waals surface area (Å²) in [4.78, 5) is 24.3. The number of amides is 1. The van der Waals surface area contributed by atoms with Gasteiger partial charge in [-0.15, -0.1) is 0 Å². The third-order valence-electron chi connectivity index (χ3n) is 2.57. The van der Waals surface area contributed by atoms with Crippen LogP contribution in [0, 0.1) is 5.92 Å². The van der Waals surface area contributed by atoms with Crippen molar-refractivity contribution >= 4 is 11.7 Å². The molecule has 4 nitrogen and oxygen atoms in total. The molecular weight excluding hydrogens is 192 g/mol. The summed E-state index contributed by atoms with van der Waals surface area (Å²) >= 11 is 0. The topological polar surface area (TPSA) is 49.4 Å². The largest absolute Gasteiger partial charge is 0.353 e. The number of rotatable bonds is 4. The van der Waals surface area contributed by atoms with Crippen molar-refractivity contribution in [1.82, 2.24) is 10.2 Å². The zero-order chi connectivity index (χ0) is 11.4. The van der Waals surface area contributed by atoms with Crippen LogP contribution in [0.3, 0.4) is 0 Å². The highest BCUT2D eigenvalue weighted by Gasteiger charge is 2.27. The summed E-state index contributed by atoms with van der Waals surface area (Å²) in [6.45, 7) is 7.30. The Morgan fingerprint density at radius 3 is 2.80 bits per heavy atom. The van der Waals surface area contributed by atoms with E-state index in [1.807, 2.05) is 4.90 Å². The molecule has 0 saturated carbocycles. The first kappa shape index (κ1) is 12.2. The first-order valence-electron chi connectivity index (χ1n) is 5.49.